The number of fused-ring (bicyclic) bond motifs is 2. The number of thioether (sulfide) groups is 1. The summed E-state index contributed by atoms with van der Waals surface area (Å²) in [7, 11) is 1.25. The van der Waals surface area contributed by atoms with E-state index in [1.54, 1.807) is 6.07 Å². The second-order valence-corrected chi connectivity index (χ2v) is 11.7. The average molecular weight is 641 g/mol. The maximum Gasteiger partial charge on any atom is 0.353 e. The molecule has 0 saturated carbocycles. The van der Waals surface area contributed by atoms with Crippen LogP contribution in [0.5, 0.6) is 11.5 Å². The molecule has 1 fully saturated rings. The Labute approximate surface area is 257 Å². The van der Waals surface area contributed by atoms with E-state index in [0.29, 0.717) is 10.8 Å². The Morgan fingerprint density at radius 3 is 2.36 bits per heavy atom. The molecule has 44 heavy (non-hydrogen) atoms. The molecule has 17 heteroatoms. The molecule has 228 valence electrons. The number of rotatable bonds is 8. The first kappa shape index (κ1) is 30.4. The number of aliphatic carboxylic acids is 1. The minimum absolute atomic E-state index is 0.0102. The fraction of sp³-hybridized carbons (Fsp3) is 0.259. The highest BCUT2D eigenvalue weighted by molar-refractivity contribution is 8.00. The van der Waals surface area contributed by atoms with Gasteiger partial charge >= 0.3 is 17.9 Å². The van der Waals surface area contributed by atoms with Crippen LogP contribution >= 0.6 is 23.1 Å². The lowest BCUT2D eigenvalue weighted by atomic mass is 9.87. The highest BCUT2D eigenvalue weighted by atomic mass is 32.2. The summed E-state index contributed by atoms with van der Waals surface area (Å²) in [6.45, 7) is 3.89. The zero-order valence-electron chi connectivity index (χ0n) is 23.6. The third-order valence-corrected chi connectivity index (χ3v) is 8.77. The number of amides is 2. The first-order valence-corrected chi connectivity index (χ1v) is 14.6. The van der Waals surface area contributed by atoms with Crippen LogP contribution in [0.25, 0.3) is 16.3 Å². The van der Waals surface area contributed by atoms with Gasteiger partial charge in [-0.25, -0.2) is 9.78 Å². The number of nitrogens with zero attached hydrogens (tertiary/aromatic N) is 4. The Bertz CT molecular complexity index is 1820. The Morgan fingerprint density at radius 2 is 1.80 bits per heavy atom. The van der Waals surface area contributed by atoms with Crippen molar-refractivity contribution >= 4 is 80.0 Å². The fourth-order valence-corrected chi connectivity index (χ4v) is 6.81. The van der Waals surface area contributed by atoms with Crippen molar-refractivity contribution in [2.75, 3.05) is 18.6 Å². The molecule has 1 unspecified atom stereocenters. The van der Waals surface area contributed by atoms with Crippen molar-refractivity contribution in [3.8, 4) is 11.5 Å². The van der Waals surface area contributed by atoms with Gasteiger partial charge in [0, 0.05) is 42.1 Å². The largest absolute Gasteiger partial charge is 0.477 e. The van der Waals surface area contributed by atoms with E-state index in [-0.39, 0.29) is 50.8 Å². The smallest absolute Gasteiger partial charge is 0.353 e. The summed E-state index contributed by atoms with van der Waals surface area (Å²) >= 11 is 2.33. The molecule has 1 saturated heterocycles. The van der Waals surface area contributed by atoms with Crippen LogP contribution in [0.1, 0.15) is 32.2 Å². The Kier molecular flexibility index (Phi) is 8.00. The summed E-state index contributed by atoms with van der Waals surface area (Å²) in [5.41, 5.74) is 4.40. The van der Waals surface area contributed by atoms with E-state index in [2.05, 4.69) is 20.4 Å². The van der Waals surface area contributed by atoms with Crippen LogP contribution < -0.4 is 20.5 Å². The molecule has 2 atom stereocenters. The molecule has 2 amide bonds. The molecule has 0 aliphatic carbocycles. The molecule has 2 aliphatic rings. The number of nitrogens with one attached hydrogen (secondary N) is 1. The standard InChI is InChI=1S/C27H24N6O9S2/c1-11(34)41-18-6-13-5-16(29-8-14(13)7-19(18)42-12(2)35)15-9-43-25-27(3,24(39)33(25)21(15)23(37)38)31-22(36)20(32-40-4)17-10-44-26(28)30-17/h5-8,10,25H,9H2,1-4H3,(H2,28,30)(H,31,36)(H,37,38)/t25-,27?/m0/s1. The van der Waals surface area contributed by atoms with Gasteiger partial charge in [-0.05, 0) is 30.5 Å². The van der Waals surface area contributed by atoms with Crippen LogP contribution in [-0.4, -0.2) is 79.2 Å². The number of β-lactam (4-membered cyclic amide) rings is 1. The van der Waals surface area contributed by atoms with Gasteiger partial charge in [0.25, 0.3) is 11.8 Å². The molecule has 0 radical (unpaired) electrons. The predicted molar refractivity (Wildman–Crippen MR) is 159 cm³/mol. The van der Waals surface area contributed by atoms with Gasteiger partial charge in [0.2, 0.25) is 0 Å². The van der Waals surface area contributed by atoms with Gasteiger partial charge in [0.05, 0.1) is 5.69 Å². The second kappa shape index (κ2) is 11.6. The lowest BCUT2D eigenvalue weighted by Crippen LogP contribution is -2.78. The van der Waals surface area contributed by atoms with Gasteiger partial charge in [-0.3, -0.25) is 29.1 Å². The summed E-state index contributed by atoms with van der Waals surface area (Å²) in [6, 6.07) is 4.52. The van der Waals surface area contributed by atoms with Gasteiger partial charge in [-0.2, -0.15) is 0 Å². The number of aromatic nitrogens is 2. The topological polar surface area (TPSA) is 213 Å². The molecule has 2 aromatic heterocycles. The number of anilines is 1. The third kappa shape index (κ3) is 5.42. The zero-order chi connectivity index (χ0) is 31.9. The number of carbonyl (C=O) groups excluding carboxylic acids is 4. The number of ether oxygens (including phenoxy) is 2. The highest BCUT2D eigenvalue weighted by Gasteiger charge is 2.63. The summed E-state index contributed by atoms with van der Waals surface area (Å²) in [6.07, 6.45) is 1.45. The minimum atomic E-state index is -1.48. The Balaban J connectivity index is 1.48. The van der Waals surface area contributed by atoms with Gasteiger partial charge in [0.15, 0.2) is 22.3 Å². The maximum atomic E-state index is 13.5. The normalized spacial score (nSPS) is 19.6. The number of oxime groups is 1. The number of pyridine rings is 1. The third-order valence-electron chi connectivity index (χ3n) is 6.64. The SMILES string of the molecule is CON=C(C(=O)NC1(C)C(=O)N2C(C(=O)O)=C(c3cc4cc(OC(C)=O)c(OC(C)=O)cc4cn3)CS[C@H]21)c1csc(N)n1. The lowest BCUT2D eigenvalue weighted by molar-refractivity contribution is -0.156. The van der Waals surface area contributed by atoms with Crippen molar-refractivity contribution in [2.24, 2.45) is 5.16 Å². The first-order chi connectivity index (χ1) is 20.8. The Morgan fingerprint density at radius 1 is 1.14 bits per heavy atom. The molecule has 5 rings (SSSR count). The quantitative estimate of drug-likeness (QED) is 0.105. The molecular formula is C27H24N6O9S2. The van der Waals surface area contributed by atoms with E-state index in [9.17, 15) is 29.1 Å². The number of carboxylic acid groups (broad SMARTS) is 1. The molecule has 4 heterocycles. The van der Waals surface area contributed by atoms with E-state index in [1.165, 1.54) is 63.4 Å². The molecule has 15 nitrogen and oxygen atoms in total. The van der Waals surface area contributed by atoms with Crippen molar-refractivity contribution in [1.82, 2.24) is 20.2 Å². The van der Waals surface area contributed by atoms with Crippen molar-refractivity contribution in [3.05, 3.63) is 46.9 Å². The average Bonchev–Trinajstić information content (AvgIpc) is 3.39. The van der Waals surface area contributed by atoms with Gasteiger partial charge < -0.3 is 30.5 Å². The fourth-order valence-electron chi connectivity index (χ4n) is 4.81. The van der Waals surface area contributed by atoms with Crippen LogP contribution in [0.4, 0.5) is 5.13 Å². The first-order valence-electron chi connectivity index (χ1n) is 12.7. The van der Waals surface area contributed by atoms with E-state index in [0.717, 1.165) is 16.2 Å². The molecule has 2 aliphatic heterocycles. The number of hydrogen-bond donors (Lipinski definition) is 3. The summed E-state index contributed by atoms with van der Waals surface area (Å²) in [5.74, 6) is -3.90. The van der Waals surface area contributed by atoms with Crippen molar-refractivity contribution < 1.29 is 43.4 Å². The monoisotopic (exact) mass is 640 g/mol. The number of nitrogen functional groups attached to an aromatic ring is 1. The van der Waals surface area contributed by atoms with Crippen LogP contribution in [0.3, 0.4) is 0 Å². The molecule has 0 spiro atoms. The number of esters is 2. The predicted octanol–water partition coefficient (Wildman–Crippen LogP) is 1.76. The van der Waals surface area contributed by atoms with Crippen molar-refractivity contribution in [1.29, 1.82) is 0 Å². The molecule has 3 aromatic rings. The number of hydrogen-bond acceptors (Lipinski definition) is 14. The number of carboxylic acids is 1. The molecule has 0 bridgehead atoms. The van der Waals surface area contributed by atoms with E-state index in [1.807, 2.05) is 0 Å². The second-order valence-electron chi connectivity index (χ2n) is 9.72. The summed E-state index contributed by atoms with van der Waals surface area (Å²) in [5, 5.41) is 18.6. The highest BCUT2D eigenvalue weighted by Crippen LogP contribution is 2.48. The van der Waals surface area contributed by atoms with Crippen LogP contribution in [-0.2, 0) is 28.8 Å². The van der Waals surface area contributed by atoms with E-state index >= 15 is 0 Å². The van der Waals surface area contributed by atoms with Gasteiger partial charge in [0.1, 0.15) is 29.4 Å². The number of benzene rings is 1. The van der Waals surface area contributed by atoms with Gasteiger partial charge in [-0.15, -0.1) is 23.1 Å². The van der Waals surface area contributed by atoms with Crippen molar-refractivity contribution in [3.63, 3.8) is 0 Å². The van der Waals surface area contributed by atoms with Crippen LogP contribution in [0.15, 0.2) is 40.6 Å². The number of nitrogens with two attached hydrogens (primary N) is 1. The molecular weight excluding hydrogens is 616 g/mol. The van der Waals surface area contributed by atoms with Crippen molar-refractivity contribution in [2.45, 2.75) is 31.7 Å². The van der Waals surface area contributed by atoms with Crippen LogP contribution in [0, 0.1) is 0 Å². The minimum Gasteiger partial charge on any atom is -0.477 e. The Hall–Kier alpha value is -5.03. The van der Waals surface area contributed by atoms with E-state index < -0.39 is 40.6 Å². The van der Waals surface area contributed by atoms with Crippen LogP contribution in [0.2, 0.25) is 0 Å². The van der Waals surface area contributed by atoms with E-state index in [4.69, 9.17) is 20.0 Å². The number of thiazole rings is 1. The zero-order valence-corrected chi connectivity index (χ0v) is 25.2. The maximum absolute atomic E-state index is 13.5. The number of carbonyl (C=O) groups is 5. The van der Waals surface area contributed by atoms with Gasteiger partial charge in [-0.1, -0.05) is 5.16 Å². The summed E-state index contributed by atoms with van der Waals surface area (Å²) in [4.78, 5) is 76.8. The molecule has 1 aromatic carbocycles. The summed E-state index contributed by atoms with van der Waals surface area (Å²) < 4.78 is 10.4. The molecule has 4 N–H and O–H groups in total. The lowest BCUT2D eigenvalue weighted by Gasteiger charge is -2.55.